The molecule has 0 saturated carbocycles. The predicted molar refractivity (Wildman–Crippen MR) is 144 cm³/mol. The minimum Gasteiger partial charge on any atom is -0.405 e. The number of fused-ring (bicyclic) bond motifs is 4. The summed E-state index contributed by atoms with van der Waals surface area (Å²) in [4.78, 5) is 33.6. The highest BCUT2D eigenvalue weighted by Crippen LogP contribution is 2.58. The van der Waals surface area contributed by atoms with Gasteiger partial charge in [-0.15, -0.1) is 0 Å². The van der Waals surface area contributed by atoms with Crippen LogP contribution in [0.2, 0.25) is 0 Å². The zero-order valence-corrected chi connectivity index (χ0v) is 20.3. The van der Waals surface area contributed by atoms with Gasteiger partial charge >= 0.3 is 5.97 Å². The summed E-state index contributed by atoms with van der Waals surface area (Å²) in [6, 6.07) is 34.7. The van der Waals surface area contributed by atoms with Crippen LogP contribution in [0.15, 0.2) is 125 Å². The van der Waals surface area contributed by atoms with Gasteiger partial charge in [-0.2, -0.15) is 5.10 Å². The summed E-state index contributed by atoms with van der Waals surface area (Å²) in [7, 11) is 0. The molecule has 0 unspecified atom stereocenters. The number of esters is 1. The zero-order valence-electron chi connectivity index (χ0n) is 20.3. The summed E-state index contributed by atoms with van der Waals surface area (Å²) in [5, 5.41) is 6.58. The van der Waals surface area contributed by atoms with Gasteiger partial charge < -0.3 is 4.74 Å². The lowest BCUT2D eigenvalue weighted by molar-refractivity contribution is -0.140. The molecule has 3 aliphatic rings. The first-order chi connectivity index (χ1) is 18.7. The van der Waals surface area contributed by atoms with Crippen molar-refractivity contribution >= 4 is 23.9 Å². The molecule has 4 atom stereocenters. The van der Waals surface area contributed by atoms with E-state index in [-0.39, 0.29) is 11.7 Å². The van der Waals surface area contributed by atoms with Gasteiger partial charge in [0.2, 0.25) is 5.90 Å². The SMILES string of the molecule is O=C(c1ccccc1)[C@H]1[C@H](c2ccccc2)[C@@]2(N=C(c3ccccc3)OC2=O)[C@@H]2c3ccccc3C=NN21. The Morgan fingerprint density at radius 2 is 1.42 bits per heavy atom. The molecule has 6 heteroatoms. The van der Waals surface area contributed by atoms with Crippen LogP contribution in [-0.4, -0.2) is 40.5 Å². The summed E-state index contributed by atoms with van der Waals surface area (Å²) >= 11 is 0. The van der Waals surface area contributed by atoms with E-state index in [2.05, 4.69) is 0 Å². The van der Waals surface area contributed by atoms with Crippen molar-refractivity contribution in [2.75, 3.05) is 0 Å². The van der Waals surface area contributed by atoms with Gasteiger partial charge in [0, 0.05) is 11.1 Å². The number of Topliss-reactive ketones (excluding diaryl/α,β-unsaturated/α-hetero) is 1. The van der Waals surface area contributed by atoms with E-state index in [4.69, 9.17) is 14.8 Å². The lowest BCUT2D eigenvalue weighted by Crippen LogP contribution is -2.44. The van der Waals surface area contributed by atoms with Crippen LogP contribution < -0.4 is 0 Å². The van der Waals surface area contributed by atoms with Crippen LogP contribution in [0.4, 0.5) is 0 Å². The first-order valence-electron chi connectivity index (χ1n) is 12.6. The van der Waals surface area contributed by atoms with Crippen molar-refractivity contribution in [2.45, 2.75) is 23.5 Å². The number of carbonyl (C=O) groups excluding carboxylic acids is 2. The topological polar surface area (TPSA) is 71.3 Å². The van der Waals surface area contributed by atoms with Gasteiger partial charge in [0.1, 0.15) is 12.1 Å². The van der Waals surface area contributed by atoms with Crippen molar-refractivity contribution in [3.8, 4) is 0 Å². The zero-order chi connectivity index (χ0) is 25.7. The van der Waals surface area contributed by atoms with E-state index in [1.54, 1.807) is 23.4 Å². The number of carbonyl (C=O) groups is 2. The second-order valence-corrected chi connectivity index (χ2v) is 9.72. The lowest BCUT2D eigenvalue weighted by atomic mass is 9.72. The highest BCUT2D eigenvalue weighted by Gasteiger charge is 2.70. The van der Waals surface area contributed by atoms with Crippen molar-refractivity contribution in [3.63, 3.8) is 0 Å². The van der Waals surface area contributed by atoms with Crippen LogP contribution in [0.25, 0.3) is 0 Å². The average Bonchev–Trinajstić information content (AvgIpc) is 3.49. The molecule has 1 fully saturated rings. The molecule has 1 saturated heterocycles. The largest absolute Gasteiger partial charge is 0.405 e. The maximum absolute atomic E-state index is 14.3. The third-order valence-corrected chi connectivity index (χ3v) is 7.69. The first-order valence-corrected chi connectivity index (χ1v) is 12.6. The summed E-state index contributed by atoms with van der Waals surface area (Å²) in [5.74, 6) is -0.973. The van der Waals surface area contributed by atoms with Crippen LogP contribution in [0.5, 0.6) is 0 Å². The van der Waals surface area contributed by atoms with Crippen LogP contribution in [-0.2, 0) is 9.53 Å². The van der Waals surface area contributed by atoms with Crippen molar-refractivity contribution < 1.29 is 14.3 Å². The average molecular weight is 498 g/mol. The number of benzene rings is 4. The fraction of sp³-hybridized carbons (Fsp3) is 0.125. The minimum absolute atomic E-state index is 0.117. The van der Waals surface area contributed by atoms with Crippen LogP contribution in [0, 0.1) is 0 Å². The highest BCUT2D eigenvalue weighted by atomic mass is 16.6. The normalized spacial score (nSPS) is 25.1. The van der Waals surface area contributed by atoms with Crippen molar-refractivity contribution in [3.05, 3.63) is 143 Å². The van der Waals surface area contributed by atoms with Crippen molar-refractivity contribution in [2.24, 2.45) is 10.1 Å². The molecule has 3 heterocycles. The first kappa shape index (κ1) is 22.4. The maximum atomic E-state index is 14.3. The molecule has 0 N–H and O–H groups in total. The summed E-state index contributed by atoms with van der Waals surface area (Å²) in [5.41, 5.74) is 2.46. The molecular formula is C32H23N3O3. The van der Waals surface area contributed by atoms with E-state index in [1.807, 2.05) is 103 Å². The predicted octanol–water partition coefficient (Wildman–Crippen LogP) is 5.17. The number of hydrazone groups is 1. The standard InChI is InChI=1S/C32H23N3O3/c36-28(22-14-6-2-7-15-22)27-26(21-12-4-1-5-13-21)32(29-25-19-11-10-18-24(25)20-33-35(27)29)31(37)38-30(34-32)23-16-8-3-9-17-23/h1-20,26-27,29H/t26-,27+,29-,32+/m0/s1. The second kappa shape index (κ2) is 8.63. The van der Waals surface area contributed by atoms with Gasteiger partial charge in [0.25, 0.3) is 0 Å². The number of nitrogens with zero attached hydrogens (tertiary/aromatic N) is 3. The summed E-state index contributed by atoms with van der Waals surface area (Å²) in [6.07, 6.45) is 1.76. The molecule has 0 amide bonds. The number of rotatable bonds is 4. The van der Waals surface area contributed by atoms with Crippen LogP contribution in [0.3, 0.4) is 0 Å². The molecule has 38 heavy (non-hydrogen) atoms. The van der Waals surface area contributed by atoms with Gasteiger partial charge in [0.15, 0.2) is 11.3 Å². The smallest absolute Gasteiger partial charge is 0.344 e. The summed E-state index contributed by atoms with van der Waals surface area (Å²) in [6.45, 7) is 0. The number of hydrogen-bond acceptors (Lipinski definition) is 6. The second-order valence-electron chi connectivity index (χ2n) is 9.72. The van der Waals surface area contributed by atoms with Gasteiger partial charge in [0.05, 0.1) is 12.1 Å². The Labute approximate surface area is 219 Å². The number of ether oxygens (including phenoxy) is 1. The Morgan fingerprint density at radius 3 is 2.16 bits per heavy atom. The number of ketones is 1. The van der Waals surface area contributed by atoms with E-state index in [9.17, 15) is 9.59 Å². The van der Waals surface area contributed by atoms with Crippen LogP contribution in [0.1, 0.15) is 44.6 Å². The lowest BCUT2D eigenvalue weighted by Gasteiger charge is -2.34. The summed E-state index contributed by atoms with van der Waals surface area (Å²) < 4.78 is 5.96. The highest BCUT2D eigenvalue weighted by molar-refractivity contribution is 6.11. The Bertz CT molecular complexity index is 1600. The fourth-order valence-corrected chi connectivity index (χ4v) is 6.07. The number of aliphatic imine (C=N–C) groups is 1. The van der Waals surface area contributed by atoms with Gasteiger partial charge in [-0.3, -0.25) is 9.80 Å². The molecule has 0 bridgehead atoms. The van der Waals surface area contributed by atoms with Gasteiger partial charge in [-0.1, -0.05) is 103 Å². The Balaban J connectivity index is 1.52. The van der Waals surface area contributed by atoms with Gasteiger partial charge in [-0.05, 0) is 28.8 Å². The van der Waals surface area contributed by atoms with Crippen LogP contribution >= 0.6 is 0 Å². The van der Waals surface area contributed by atoms with E-state index < -0.39 is 29.5 Å². The number of hydrogen-bond donors (Lipinski definition) is 0. The van der Waals surface area contributed by atoms with Crippen molar-refractivity contribution in [1.82, 2.24) is 5.01 Å². The monoisotopic (exact) mass is 497 g/mol. The van der Waals surface area contributed by atoms with E-state index in [0.717, 1.165) is 16.7 Å². The molecule has 4 aromatic rings. The Hall–Kier alpha value is -4.84. The van der Waals surface area contributed by atoms with E-state index >= 15 is 0 Å². The Morgan fingerprint density at radius 1 is 0.789 bits per heavy atom. The quantitative estimate of drug-likeness (QED) is 0.288. The van der Waals surface area contributed by atoms with Gasteiger partial charge in [-0.25, -0.2) is 9.79 Å². The third-order valence-electron chi connectivity index (χ3n) is 7.69. The maximum Gasteiger partial charge on any atom is 0.344 e. The number of cyclic esters (lactones) is 1. The molecule has 0 aromatic heterocycles. The van der Waals surface area contributed by atoms with E-state index in [0.29, 0.717) is 11.1 Å². The molecule has 3 aliphatic heterocycles. The molecule has 0 aliphatic carbocycles. The Kier molecular flexibility index (Phi) is 5.08. The molecule has 4 aromatic carbocycles. The molecule has 7 rings (SSSR count). The fourth-order valence-electron chi connectivity index (χ4n) is 6.07. The molecule has 184 valence electrons. The molecule has 1 spiro atoms. The van der Waals surface area contributed by atoms with E-state index in [1.165, 1.54) is 0 Å². The van der Waals surface area contributed by atoms with Crippen molar-refractivity contribution in [1.29, 1.82) is 0 Å². The molecular weight excluding hydrogens is 474 g/mol. The third kappa shape index (κ3) is 3.20. The molecule has 6 nitrogen and oxygen atoms in total. The minimum atomic E-state index is -1.42. The molecule has 0 radical (unpaired) electrons.